The Bertz CT molecular complexity index is 382. The van der Waals surface area contributed by atoms with Crippen LogP contribution in [0.3, 0.4) is 0 Å². The molecule has 0 radical (unpaired) electrons. The molecule has 1 saturated carbocycles. The third-order valence-corrected chi connectivity index (χ3v) is 3.60. The lowest BCUT2D eigenvalue weighted by Crippen LogP contribution is -2.44. The first-order valence-corrected chi connectivity index (χ1v) is 6.21. The van der Waals surface area contributed by atoms with Crippen LogP contribution in [0.1, 0.15) is 52.5 Å². The van der Waals surface area contributed by atoms with Gasteiger partial charge in [-0.2, -0.15) is 0 Å². The van der Waals surface area contributed by atoms with Gasteiger partial charge in [-0.1, -0.05) is 27.7 Å². The lowest BCUT2D eigenvalue weighted by molar-refractivity contribution is -0.0916. The summed E-state index contributed by atoms with van der Waals surface area (Å²) in [5, 5.41) is 10.9. The van der Waals surface area contributed by atoms with Crippen molar-refractivity contribution in [2.45, 2.75) is 52.6 Å². The Hall–Kier alpha value is -0.960. The van der Waals surface area contributed by atoms with Crippen LogP contribution in [0.4, 0.5) is 0 Å². The number of hydrogen-bond acceptors (Lipinski definition) is 3. The third-order valence-electron chi connectivity index (χ3n) is 3.60. The van der Waals surface area contributed by atoms with E-state index >= 15 is 0 Å². The minimum atomic E-state index is -0.785. The van der Waals surface area contributed by atoms with Crippen molar-refractivity contribution in [3.63, 3.8) is 0 Å². The number of aliphatic hydroxyl groups is 1. The van der Waals surface area contributed by atoms with Crippen molar-refractivity contribution >= 4 is 0 Å². The maximum absolute atomic E-state index is 10.9. The fourth-order valence-electron chi connectivity index (χ4n) is 3.81. The van der Waals surface area contributed by atoms with Crippen LogP contribution in [-0.4, -0.2) is 15.1 Å². The molecule has 3 heteroatoms. The van der Waals surface area contributed by atoms with Gasteiger partial charge >= 0.3 is 0 Å². The molecule has 3 nitrogen and oxygen atoms in total. The van der Waals surface area contributed by atoms with Crippen molar-refractivity contribution < 1.29 is 5.11 Å². The molecular weight excluding hydrogens is 212 g/mol. The van der Waals surface area contributed by atoms with Crippen LogP contribution in [0.25, 0.3) is 0 Å². The highest BCUT2D eigenvalue weighted by Gasteiger charge is 2.47. The summed E-state index contributed by atoms with van der Waals surface area (Å²) in [5.74, 6) is 0. The maximum atomic E-state index is 10.9. The summed E-state index contributed by atoms with van der Waals surface area (Å²) in [4.78, 5) is 8.06. The molecule has 1 N–H and O–H groups in total. The molecule has 1 aliphatic carbocycles. The molecule has 0 amide bonds. The molecule has 0 unspecified atom stereocenters. The van der Waals surface area contributed by atoms with E-state index < -0.39 is 5.60 Å². The lowest BCUT2D eigenvalue weighted by atomic mass is 9.58. The largest absolute Gasteiger partial charge is 0.385 e. The highest BCUT2D eigenvalue weighted by atomic mass is 16.3. The van der Waals surface area contributed by atoms with Gasteiger partial charge in [0.05, 0.1) is 5.60 Å². The molecule has 0 atom stereocenters. The van der Waals surface area contributed by atoms with E-state index in [-0.39, 0.29) is 10.8 Å². The molecular formula is C14H22N2O. The second-order valence-corrected chi connectivity index (χ2v) is 7.02. The molecule has 0 bridgehead atoms. The van der Waals surface area contributed by atoms with E-state index in [2.05, 4.69) is 37.7 Å². The average Bonchev–Trinajstić information content (AvgIpc) is 2.13. The molecule has 2 rings (SSSR count). The van der Waals surface area contributed by atoms with Crippen molar-refractivity contribution in [2.24, 2.45) is 10.8 Å². The molecule has 0 aliphatic heterocycles. The highest BCUT2D eigenvalue weighted by Crippen LogP contribution is 2.53. The Morgan fingerprint density at radius 2 is 1.41 bits per heavy atom. The molecule has 17 heavy (non-hydrogen) atoms. The minimum absolute atomic E-state index is 0.145. The van der Waals surface area contributed by atoms with E-state index in [0.29, 0.717) is 0 Å². The first-order chi connectivity index (χ1) is 7.73. The van der Waals surface area contributed by atoms with Crippen molar-refractivity contribution in [1.29, 1.82) is 0 Å². The Kier molecular flexibility index (Phi) is 2.77. The highest BCUT2D eigenvalue weighted by molar-refractivity contribution is 5.18. The number of rotatable bonds is 1. The molecule has 94 valence electrons. The first-order valence-electron chi connectivity index (χ1n) is 6.21. The van der Waals surface area contributed by atoms with Gasteiger partial charge in [-0.3, -0.25) is 0 Å². The van der Waals surface area contributed by atoms with Crippen molar-refractivity contribution in [1.82, 2.24) is 9.97 Å². The Labute approximate surface area is 103 Å². The van der Waals surface area contributed by atoms with Gasteiger partial charge in [0.15, 0.2) is 0 Å². The van der Waals surface area contributed by atoms with E-state index in [1.165, 1.54) is 6.33 Å². The first kappa shape index (κ1) is 12.5. The predicted molar refractivity (Wildman–Crippen MR) is 67.3 cm³/mol. The van der Waals surface area contributed by atoms with Crippen LogP contribution in [0.2, 0.25) is 0 Å². The standard InChI is InChI=1S/C14H22N2O/c1-12(2)7-13(3,4)9-14(17,8-12)11-5-15-10-16-6-11/h5-6,10,17H,7-9H2,1-4H3. The molecule has 0 spiro atoms. The van der Waals surface area contributed by atoms with Crippen molar-refractivity contribution in [2.75, 3.05) is 0 Å². The molecule has 0 saturated heterocycles. The van der Waals surface area contributed by atoms with Crippen molar-refractivity contribution in [3.8, 4) is 0 Å². The van der Waals surface area contributed by atoms with Crippen LogP contribution in [0.5, 0.6) is 0 Å². The van der Waals surface area contributed by atoms with Crippen molar-refractivity contribution in [3.05, 3.63) is 24.3 Å². The van der Waals surface area contributed by atoms with Gasteiger partial charge in [-0.25, -0.2) is 9.97 Å². The fourth-order valence-corrected chi connectivity index (χ4v) is 3.81. The van der Waals surface area contributed by atoms with Crippen LogP contribution in [0.15, 0.2) is 18.7 Å². The van der Waals surface area contributed by atoms with E-state index in [0.717, 1.165) is 24.8 Å². The van der Waals surface area contributed by atoms with Crippen LogP contribution >= 0.6 is 0 Å². The van der Waals surface area contributed by atoms with Crippen LogP contribution < -0.4 is 0 Å². The number of aromatic nitrogens is 2. The number of nitrogens with zero attached hydrogens (tertiary/aromatic N) is 2. The summed E-state index contributed by atoms with van der Waals surface area (Å²) < 4.78 is 0. The molecule has 1 aromatic rings. The van der Waals surface area contributed by atoms with E-state index in [9.17, 15) is 5.11 Å². The Balaban J connectivity index is 2.37. The molecule has 0 aromatic carbocycles. The van der Waals surface area contributed by atoms with Crippen LogP contribution in [0, 0.1) is 10.8 Å². The van der Waals surface area contributed by atoms with Gasteiger partial charge in [-0.05, 0) is 30.1 Å². The third kappa shape index (κ3) is 2.65. The summed E-state index contributed by atoms with van der Waals surface area (Å²) in [6.45, 7) is 8.90. The Morgan fingerprint density at radius 3 is 1.88 bits per heavy atom. The minimum Gasteiger partial charge on any atom is -0.385 e. The SMILES string of the molecule is CC1(C)CC(C)(C)CC(O)(c2cncnc2)C1. The van der Waals surface area contributed by atoms with Gasteiger partial charge in [0.1, 0.15) is 6.33 Å². The summed E-state index contributed by atoms with van der Waals surface area (Å²) >= 11 is 0. The van der Waals surface area contributed by atoms with Gasteiger partial charge < -0.3 is 5.11 Å². The topological polar surface area (TPSA) is 46.0 Å². The summed E-state index contributed by atoms with van der Waals surface area (Å²) in [5.41, 5.74) is 0.353. The fraction of sp³-hybridized carbons (Fsp3) is 0.714. The predicted octanol–water partition coefficient (Wildman–Crippen LogP) is 2.90. The smallest absolute Gasteiger partial charge is 0.115 e. The Morgan fingerprint density at radius 1 is 0.941 bits per heavy atom. The molecule has 1 fully saturated rings. The molecule has 1 heterocycles. The van der Waals surface area contributed by atoms with Gasteiger partial charge in [0.25, 0.3) is 0 Å². The van der Waals surface area contributed by atoms with Gasteiger partial charge in [0.2, 0.25) is 0 Å². The summed E-state index contributed by atoms with van der Waals surface area (Å²) in [7, 11) is 0. The monoisotopic (exact) mass is 234 g/mol. The lowest BCUT2D eigenvalue weighted by Gasteiger charge is -2.49. The zero-order valence-corrected chi connectivity index (χ0v) is 11.2. The van der Waals surface area contributed by atoms with Gasteiger partial charge in [0, 0.05) is 18.0 Å². The quantitative estimate of drug-likeness (QED) is 0.812. The zero-order valence-electron chi connectivity index (χ0n) is 11.2. The molecule has 1 aliphatic rings. The van der Waals surface area contributed by atoms with E-state index in [1.54, 1.807) is 12.4 Å². The van der Waals surface area contributed by atoms with E-state index in [4.69, 9.17) is 0 Å². The maximum Gasteiger partial charge on any atom is 0.115 e. The summed E-state index contributed by atoms with van der Waals surface area (Å²) in [6, 6.07) is 0. The second-order valence-electron chi connectivity index (χ2n) is 7.02. The zero-order chi connectivity index (χ0) is 12.7. The normalized spacial score (nSPS) is 25.5. The summed E-state index contributed by atoms with van der Waals surface area (Å²) in [6.07, 6.45) is 7.67. The number of hydrogen-bond donors (Lipinski definition) is 1. The van der Waals surface area contributed by atoms with Gasteiger partial charge in [-0.15, -0.1) is 0 Å². The second kappa shape index (κ2) is 3.77. The average molecular weight is 234 g/mol. The molecule has 1 aromatic heterocycles. The van der Waals surface area contributed by atoms with Crippen LogP contribution in [-0.2, 0) is 5.60 Å². The van der Waals surface area contributed by atoms with E-state index in [1.807, 2.05) is 0 Å².